The summed E-state index contributed by atoms with van der Waals surface area (Å²) in [5.74, 6) is -0.126. The summed E-state index contributed by atoms with van der Waals surface area (Å²) in [4.78, 5) is 27.8. The fourth-order valence-corrected chi connectivity index (χ4v) is 3.35. The van der Waals surface area contributed by atoms with Crippen LogP contribution in [0.15, 0.2) is 30.3 Å². The van der Waals surface area contributed by atoms with E-state index < -0.39 is 0 Å². The van der Waals surface area contributed by atoms with Crippen molar-refractivity contribution in [2.45, 2.75) is 44.6 Å². The third-order valence-electron chi connectivity index (χ3n) is 4.98. The van der Waals surface area contributed by atoms with Crippen LogP contribution in [0.3, 0.4) is 0 Å². The maximum Gasteiger partial charge on any atom is 0.305 e. The van der Waals surface area contributed by atoms with E-state index in [0.29, 0.717) is 19.3 Å². The molecule has 1 amide bonds. The lowest BCUT2D eigenvalue weighted by Gasteiger charge is -2.37. The summed E-state index contributed by atoms with van der Waals surface area (Å²) in [6.07, 6.45) is 4.50. The molecule has 0 aliphatic carbocycles. The van der Waals surface area contributed by atoms with Crippen LogP contribution in [0.5, 0.6) is 0 Å². The molecule has 0 unspecified atom stereocenters. The Kier molecular flexibility index (Phi) is 7.92. The van der Waals surface area contributed by atoms with Gasteiger partial charge in [0.1, 0.15) is 0 Å². The summed E-state index contributed by atoms with van der Waals surface area (Å²) in [5, 5.41) is 0. The van der Waals surface area contributed by atoms with Crippen LogP contribution in [0.2, 0.25) is 0 Å². The number of rotatable bonds is 8. The van der Waals surface area contributed by atoms with E-state index in [9.17, 15) is 9.59 Å². The van der Waals surface area contributed by atoms with Crippen molar-refractivity contribution in [3.63, 3.8) is 0 Å². The maximum absolute atomic E-state index is 12.4. The number of ether oxygens (including phenoxy) is 1. The fourth-order valence-electron chi connectivity index (χ4n) is 3.35. The predicted octanol–water partition coefficient (Wildman–Crippen LogP) is 2.50. The van der Waals surface area contributed by atoms with Crippen LogP contribution in [-0.4, -0.2) is 61.5 Å². The van der Waals surface area contributed by atoms with Crippen LogP contribution in [0.25, 0.3) is 0 Å². The van der Waals surface area contributed by atoms with Crippen molar-refractivity contribution in [1.82, 2.24) is 9.80 Å². The second-order valence-electron chi connectivity index (χ2n) is 6.77. The van der Waals surface area contributed by atoms with Gasteiger partial charge in [0.2, 0.25) is 5.91 Å². The van der Waals surface area contributed by atoms with Crippen molar-refractivity contribution in [2.75, 3.05) is 33.8 Å². The quantitative estimate of drug-likeness (QED) is 0.679. The molecule has 1 aromatic rings. The molecular formula is C20H30N2O3. The van der Waals surface area contributed by atoms with Gasteiger partial charge in [-0.25, -0.2) is 0 Å². The first-order valence-electron chi connectivity index (χ1n) is 9.19. The van der Waals surface area contributed by atoms with Crippen LogP contribution >= 0.6 is 0 Å². The van der Waals surface area contributed by atoms with E-state index in [4.69, 9.17) is 0 Å². The average Bonchev–Trinajstić information content (AvgIpc) is 2.66. The van der Waals surface area contributed by atoms with Gasteiger partial charge in [-0.05, 0) is 37.8 Å². The summed E-state index contributed by atoms with van der Waals surface area (Å²) < 4.78 is 4.62. The van der Waals surface area contributed by atoms with Gasteiger partial charge in [-0.1, -0.05) is 30.3 Å². The van der Waals surface area contributed by atoms with E-state index in [1.165, 1.54) is 12.7 Å². The number of carbonyl (C=O) groups excluding carboxylic acids is 2. The van der Waals surface area contributed by atoms with Gasteiger partial charge >= 0.3 is 5.97 Å². The van der Waals surface area contributed by atoms with Crippen molar-refractivity contribution in [2.24, 2.45) is 0 Å². The fraction of sp³-hybridized carbons (Fsp3) is 0.600. The van der Waals surface area contributed by atoms with E-state index in [2.05, 4.69) is 33.9 Å². The zero-order valence-corrected chi connectivity index (χ0v) is 15.4. The number of amides is 1. The number of nitrogens with zero attached hydrogens (tertiary/aromatic N) is 2. The summed E-state index contributed by atoms with van der Waals surface area (Å²) in [5.41, 5.74) is 1.36. The Morgan fingerprint density at radius 1 is 1.24 bits per heavy atom. The number of methoxy groups -OCH3 is 1. The van der Waals surface area contributed by atoms with E-state index in [0.717, 1.165) is 38.9 Å². The van der Waals surface area contributed by atoms with Crippen LogP contribution in [0, 0.1) is 0 Å². The van der Waals surface area contributed by atoms with Crippen LogP contribution in [-0.2, 0) is 20.7 Å². The van der Waals surface area contributed by atoms with Gasteiger partial charge in [0.15, 0.2) is 0 Å². The highest BCUT2D eigenvalue weighted by molar-refractivity contribution is 5.77. The van der Waals surface area contributed by atoms with Gasteiger partial charge in [-0.2, -0.15) is 0 Å². The van der Waals surface area contributed by atoms with Crippen molar-refractivity contribution in [1.29, 1.82) is 0 Å². The third kappa shape index (κ3) is 6.50. The Hall–Kier alpha value is -1.88. The molecule has 1 aliphatic heterocycles. The predicted molar refractivity (Wildman–Crippen MR) is 98.2 cm³/mol. The normalized spacial score (nSPS) is 17.9. The van der Waals surface area contributed by atoms with E-state index in [1.54, 1.807) is 0 Å². The summed E-state index contributed by atoms with van der Waals surface area (Å²) >= 11 is 0. The number of likely N-dealkylation sites (N-methyl/N-ethyl adjacent to an activating group) is 1. The van der Waals surface area contributed by atoms with E-state index in [1.807, 2.05) is 18.0 Å². The Morgan fingerprint density at radius 2 is 2.00 bits per heavy atom. The minimum Gasteiger partial charge on any atom is -0.469 e. The lowest BCUT2D eigenvalue weighted by Crippen LogP contribution is -2.48. The number of benzene rings is 1. The zero-order valence-electron chi connectivity index (χ0n) is 15.4. The van der Waals surface area contributed by atoms with Crippen LogP contribution in [0.4, 0.5) is 0 Å². The molecule has 2 rings (SSSR count). The first-order chi connectivity index (χ1) is 12.1. The number of carbonyl (C=O) groups is 2. The van der Waals surface area contributed by atoms with Crippen molar-refractivity contribution in [3.8, 4) is 0 Å². The molecule has 25 heavy (non-hydrogen) atoms. The molecule has 5 heteroatoms. The monoisotopic (exact) mass is 346 g/mol. The van der Waals surface area contributed by atoms with Crippen molar-refractivity contribution in [3.05, 3.63) is 35.9 Å². The highest BCUT2D eigenvalue weighted by Gasteiger charge is 2.25. The molecule has 0 radical (unpaired) electrons. The summed E-state index contributed by atoms with van der Waals surface area (Å²) in [6.45, 7) is 3.07. The minimum absolute atomic E-state index is 0.124. The molecule has 5 nitrogen and oxygen atoms in total. The van der Waals surface area contributed by atoms with Gasteiger partial charge in [0.05, 0.1) is 7.11 Å². The van der Waals surface area contributed by atoms with Crippen LogP contribution in [0.1, 0.15) is 37.7 Å². The van der Waals surface area contributed by atoms with Crippen LogP contribution < -0.4 is 0 Å². The molecule has 1 aromatic carbocycles. The molecule has 0 spiro atoms. The number of hydrogen-bond donors (Lipinski definition) is 0. The Bertz CT molecular complexity index is 547. The zero-order chi connectivity index (χ0) is 18.1. The highest BCUT2D eigenvalue weighted by atomic mass is 16.5. The molecule has 0 saturated carbocycles. The second-order valence-corrected chi connectivity index (χ2v) is 6.77. The number of esters is 1. The van der Waals surface area contributed by atoms with E-state index in [-0.39, 0.29) is 17.9 Å². The maximum atomic E-state index is 12.4. The lowest BCUT2D eigenvalue weighted by molar-refractivity contribution is -0.141. The van der Waals surface area contributed by atoms with Gasteiger partial charge in [-0.15, -0.1) is 0 Å². The van der Waals surface area contributed by atoms with Gasteiger partial charge in [0.25, 0.3) is 0 Å². The average molecular weight is 346 g/mol. The molecule has 0 bridgehead atoms. The lowest BCUT2D eigenvalue weighted by atomic mass is 10.0. The van der Waals surface area contributed by atoms with Crippen molar-refractivity contribution < 1.29 is 14.3 Å². The summed E-state index contributed by atoms with van der Waals surface area (Å²) in [6, 6.07) is 10.8. The first kappa shape index (κ1) is 19.4. The summed E-state index contributed by atoms with van der Waals surface area (Å²) in [7, 11) is 3.27. The Balaban J connectivity index is 1.75. The largest absolute Gasteiger partial charge is 0.469 e. The Labute approximate surface area is 150 Å². The highest BCUT2D eigenvalue weighted by Crippen LogP contribution is 2.17. The second kappa shape index (κ2) is 10.2. The van der Waals surface area contributed by atoms with Gasteiger partial charge in [-0.3, -0.25) is 9.59 Å². The molecule has 1 saturated heterocycles. The molecule has 1 atom stereocenters. The number of likely N-dealkylation sites (tertiary alicyclic amines) is 1. The number of hydrogen-bond acceptors (Lipinski definition) is 4. The molecule has 138 valence electrons. The molecule has 1 fully saturated rings. The SMILES string of the molecule is COC(=O)CCCC(=O)N(C)[C@@H]1CCCN(CCc2ccccc2)C1. The van der Waals surface area contributed by atoms with Gasteiger partial charge < -0.3 is 14.5 Å². The van der Waals surface area contributed by atoms with Crippen molar-refractivity contribution >= 4 is 11.9 Å². The topological polar surface area (TPSA) is 49.9 Å². The first-order valence-corrected chi connectivity index (χ1v) is 9.19. The minimum atomic E-state index is -0.250. The number of piperidine rings is 1. The molecule has 0 aromatic heterocycles. The smallest absolute Gasteiger partial charge is 0.305 e. The third-order valence-corrected chi connectivity index (χ3v) is 4.98. The molecule has 0 N–H and O–H groups in total. The molecule has 1 heterocycles. The van der Waals surface area contributed by atoms with Gasteiger partial charge in [0, 0.05) is 39.0 Å². The Morgan fingerprint density at radius 3 is 2.72 bits per heavy atom. The standard InChI is InChI=1S/C20H30N2O3/c1-21(19(23)11-6-12-20(24)25-2)18-10-7-14-22(16-18)15-13-17-8-4-3-5-9-17/h3-5,8-9,18H,6-7,10-16H2,1-2H3/t18-/m1/s1. The molecule has 1 aliphatic rings. The van der Waals surface area contributed by atoms with E-state index >= 15 is 0 Å². The molecular weight excluding hydrogens is 316 g/mol.